The van der Waals surface area contributed by atoms with Crippen molar-refractivity contribution in [2.45, 2.75) is 32.4 Å². The van der Waals surface area contributed by atoms with Crippen LogP contribution in [0.2, 0.25) is 0 Å². The van der Waals surface area contributed by atoms with Gasteiger partial charge in [-0.2, -0.15) is 0 Å². The van der Waals surface area contributed by atoms with Crippen molar-refractivity contribution in [2.24, 2.45) is 5.73 Å². The van der Waals surface area contributed by atoms with Gasteiger partial charge in [-0.15, -0.1) is 0 Å². The highest BCUT2D eigenvalue weighted by atomic mass is 16.5. The molecular weight excluding hydrogens is 212 g/mol. The Labute approximate surface area is 104 Å². The Bertz CT molecular complexity index is 378. The average molecular weight is 234 g/mol. The van der Waals surface area contributed by atoms with E-state index in [2.05, 4.69) is 24.0 Å². The molecule has 0 aliphatic carbocycles. The number of nitrogens with two attached hydrogens (primary N) is 1. The molecule has 1 heterocycles. The van der Waals surface area contributed by atoms with Gasteiger partial charge in [0.1, 0.15) is 5.75 Å². The van der Waals surface area contributed by atoms with Crippen LogP contribution in [0.4, 0.5) is 0 Å². The first-order valence-corrected chi connectivity index (χ1v) is 6.41. The fraction of sp³-hybridized carbons (Fsp3) is 0.571. The smallest absolute Gasteiger partial charge is 0.119 e. The zero-order valence-corrected chi connectivity index (χ0v) is 10.8. The van der Waals surface area contributed by atoms with Crippen molar-refractivity contribution in [3.05, 3.63) is 29.3 Å². The molecule has 1 aromatic rings. The monoisotopic (exact) mass is 234 g/mol. The summed E-state index contributed by atoms with van der Waals surface area (Å²) in [4.78, 5) is 2.48. The third-order valence-electron chi connectivity index (χ3n) is 3.55. The van der Waals surface area contributed by atoms with E-state index in [-0.39, 0.29) is 0 Å². The van der Waals surface area contributed by atoms with Crippen molar-refractivity contribution < 1.29 is 4.74 Å². The summed E-state index contributed by atoms with van der Waals surface area (Å²) in [7, 11) is 1.71. The van der Waals surface area contributed by atoms with Crippen LogP contribution in [-0.2, 0) is 6.54 Å². The standard InChI is InChI=1S/C14H22N2O/c1-3-4-7-16-10-11-5-6-12(17-2)8-13(11)14(16)9-15/h5-6,8,14H,3-4,7,9-10,15H2,1-2H3. The minimum Gasteiger partial charge on any atom is -0.497 e. The highest BCUT2D eigenvalue weighted by Crippen LogP contribution is 2.35. The zero-order chi connectivity index (χ0) is 12.3. The predicted molar refractivity (Wildman–Crippen MR) is 70.1 cm³/mol. The summed E-state index contributed by atoms with van der Waals surface area (Å²) in [5.41, 5.74) is 8.67. The molecule has 2 rings (SSSR count). The van der Waals surface area contributed by atoms with E-state index in [4.69, 9.17) is 10.5 Å². The van der Waals surface area contributed by atoms with Crippen LogP contribution in [0.3, 0.4) is 0 Å². The van der Waals surface area contributed by atoms with Crippen LogP contribution in [0, 0.1) is 0 Å². The maximum Gasteiger partial charge on any atom is 0.119 e. The lowest BCUT2D eigenvalue weighted by Crippen LogP contribution is -2.28. The summed E-state index contributed by atoms with van der Waals surface area (Å²) in [5, 5.41) is 0. The van der Waals surface area contributed by atoms with E-state index in [9.17, 15) is 0 Å². The first-order chi connectivity index (χ1) is 8.30. The van der Waals surface area contributed by atoms with Gasteiger partial charge in [-0.1, -0.05) is 19.4 Å². The van der Waals surface area contributed by atoms with Crippen molar-refractivity contribution in [1.82, 2.24) is 4.90 Å². The largest absolute Gasteiger partial charge is 0.497 e. The van der Waals surface area contributed by atoms with Crippen molar-refractivity contribution in [3.8, 4) is 5.75 Å². The van der Waals surface area contributed by atoms with Crippen LogP contribution >= 0.6 is 0 Å². The quantitative estimate of drug-likeness (QED) is 0.849. The second-order valence-electron chi connectivity index (χ2n) is 4.64. The summed E-state index contributed by atoms with van der Waals surface area (Å²) in [6, 6.07) is 6.71. The number of methoxy groups -OCH3 is 1. The van der Waals surface area contributed by atoms with E-state index in [1.54, 1.807) is 7.11 Å². The molecule has 0 amide bonds. The van der Waals surface area contributed by atoms with E-state index < -0.39 is 0 Å². The molecule has 94 valence electrons. The van der Waals surface area contributed by atoms with Crippen LogP contribution in [0.1, 0.15) is 36.9 Å². The fourth-order valence-corrected chi connectivity index (χ4v) is 2.55. The summed E-state index contributed by atoms with van der Waals surface area (Å²) < 4.78 is 5.29. The lowest BCUT2D eigenvalue weighted by atomic mass is 10.0. The van der Waals surface area contributed by atoms with Gasteiger partial charge in [-0.25, -0.2) is 0 Å². The molecule has 1 atom stereocenters. The molecule has 0 spiro atoms. The van der Waals surface area contributed by atoms with E-state index in [0.29, 0.717) is 12.6 Å². The Hall–Kier alpha value is -1.06. The molecule has 1 aromatic carbocycles. The molecule has 2 N–H and O–H groups in total. The Balaban J connectivity index is 2.19. The van der Waals surface area contributed by atoms with Crippen LogP contribution in [0.5, 0.6) is 5.75 Å². The van der Waals surface area contributed by atoms with Gasteiger partial charge >= 0.3 is 0 Å². The molecule has 0 saturated heterocycles. The van der Waals surface area contributed by atoms with Crippen molar-refractivity contribution in [1.29, 1.82) is 0 Å². The molecule has 0 bridgehead atoms. The SMILES string of the molecule is CCCCN1Cc2ccc(OC)cc2C1CN. The van der Waals surface area contributed by atoms with Gasteiger partial charge in [0.2, 0.25) is 0 Å². The molecule has 0 saturated carbocycles. The van der Waals surface area contributed by atoms with Crippen molar-refractivity contribution >= 4 is 0 Å². The third kappa shape index (κ3) is 2.45. The van der Waals surface area contributed by atoms with Crippen molar-refractivity contribution in [3.63, 3.8) is 0 Å². The minimum atomic E-state index is 0.367. The number of fused-ring (bicyclic) bond motifs is 1. The maximum atomic E-state index is 5.92. The molecule has 0 radical (unpaired) electrons. The van der Waals surface area contributed by atoms with Gasteiger partial charge in [-0.3, -0.25) is 4.90 Å². The minimum absolute atomic E-state index is 0.367. The topological polar surface area (TPSA) is 38.5 Å². The maximum absolute atomic E-state index is 5.92. The summed E-state index contributed by atoms with van der Waals surface area (Å²) >= 11 is 0. The zero-order valence-electron chi connectivity index (χ0n) is 10.8. The fourth-order valence-electron chi connectivity index (χ4n) is 2.55. The van der Waals surface area contributed by atoms with Gasteiger partial charge < -0.3 is 10.5 Å². The molecule has 3 nitrogen and oxygen atoms in total. The van der Waals surface area contributed by atoms with Crippen LogP contribution < -0.4 is 10.5 Å². The number of benzene rings is 1. The van der Waals surface area contributed by atoms with E-state index >= 15 is 0 Å². The van der Waals surface area contributed by atoms with E-state index in [1.807, 2.05) is 6.07 Å². The summed E-state index contributed by atoms with van der Waals surface area (Å²) in [5.74, 6) is 0.930. The van der Waals surface area contributed by atoms with E-state index in [1.165, 1.54) is 24.0 Å². The molecule has 1 aliphatic rings. The predicted octanol–water partition coefficient (Wildman–Crippen LogP) is 2.31. The van der Waals surface area contributed by atoms with Crippen LogP contribution in [0.15, 0.2) is 18.2 Å². The van der Waals surface area contributed by atoms with Gasteiger partial charge in [0.15, 0.2) is 0 Å². The molecule has 1 aliphatic heterocycles. The second kappa shape index (κ2) is 5.52. The first kappa shape index (κ1) is 12.4. The van der Waals surface area contributed by atoms with Crippen LogP contribution in [0.25, 0.3) is 0 Å². The Morgan fingerprint density at radius 2 is 2.29 bits per heavy atom. The van der Waals surface area contributed by atoms with Gasteiger partial charge in [0.25, 0.3) is 0 Å². The number of hydrogen-bond acceptors (Lipinski definition) is 3. The molecular formula is C14H22N2O. The highest BCUT2D eigenvalue weighted by Gasteiger charge is 2.28. The van der Waals surface area contributed by atoms with Gasteiger partial charge in [0, 0.05) is 19.1 Å². The number of ether oxygens (including phenoxy) is 1. The summed E-state index contributed by atoms with van der Waals surface area (Å²) in [6.07, 6.45) is 2.47. The first-order valence-electron chi connectivity index (χ1n) is 6.41. The van der Waals surface area contributed by atoms with Crippen molar-refractivity contribution in [2.75, 3.05) is 20.2 Å². The molecule has 17 heavy (non-hydrogen) atoms. The highest BCUT2D eigenvalue weighted by molar-refractivity contribution is 5.40. The number of unbranched alkanes of at least 4 members (excludes halogenated alkanes) is 1. The Kier molecular flexibility index (Phi) is 4.02. The molecule has 1 unspecified atom stereocenters. The molecule has 0 fully saturated rings. The second-order valence-corrected chi connectivity index (χ2v) is 4.64. The Morgan fingerprint density at radius 3 is 2.94 bits per heavy atom. The van der Waals surface area contributed by atoms with Gasteiger partial charge in [-0.05, 0) is 36.2 Å². The number of hydrogen-bond donors (Lipinski definition) is 1. The third-order valence-corrected chi connectivity index (χ3v) is 3.55. The normalized spacial score (nSPS) is 19.4. The van der Waals surface area contributed by atoms with E-state index in [0.717, 1.165) is 18.8 Å². The van der Waals surface area contributed by atoms with Gasteiger partial charge in [0.05, 0.1) is 7.11 Å². The number of nitrogens with zero attached hydrogens (tertiary/aromatic N) is 1. The average Bonchev–Trinajstić information content (AvgIpc) is 2.72. The molecule has 0 aromatic heterocycles. The summed E-state index contributed by atoms with van der Waals surface area (Å²) in [6.45, 7) is 5.07. The Morgan fingerprint density at radius 1 is 1.47 bits per heavy atom. The lowest BCUT2D eigenvalue weighted by Gasteiger charge is -2.23. The number of rotatable bonds is 5. The lowest BCUT2D eigenvalue weighted by molar-refractivity contribution is 0.216. The van der Waals surface area contributed by atoms with Crippen LogP contribution in [-0.4, -0.2) is 25.1 Å². The molecule has 3 heteroatoms.